The fourth-order valence-corrected chi connectivity index (χ4v) is 4.18. The summed E-state index contributed by atoms with van der Waals surface area (Å²) in [5.41, 5.74) is 8.70. The van der Waals surface area contributed by atoms with Crippen LogP contribution in [-0.4, -0.2) is 51.8 Å². The summed E-state index contributed by atoms with van der Waals surface area (Å²) in [5, 5.41) is 3.25. The van der Waals surface area contributed by atoms with Crippen LogP contribution in [0.5, 0.6) is 11.5 Å². The van der Waals surface area contributed by atoms with Crippen molar-refractivity contribution in [3.63, 3.8) is 0 Å². The lowest BCUT2D eigenvalue weighted by atomic mass is 9.85. The van der Waals surface area contributed by atoms with Gasteiger partial charge >= 0.3 is 0 Å². The van der Waals surface area contributed by atoms with Crippen molar-refractivity contribution in [2.75, 3.05) is 40.9 Å². The lowest BCUT2D eigenvalue weighted by molar-refractivity contribution is 0.125. The average Bonchev–Trinajstić information content (AvgIpc) is 2.78. The Hall–Kier alpha value is -2.73. The van der Waals surface area contributed by atoms with Crippen LogP contribution in [-0.2, 0) is 6.42 Å². The SMILES string of the molecule is COc1ccc(CCNC(N)=NCC2CCCN(C)C2c2ccc(OC)cc2)cc1. The first kappa shape index (κ1) is 22.0. The zero-order valence-corrected chi connectivity index (χ0v) is 18.3. The third-order valence-corrected chi connectivity index (χ3v) is 5.84. The molecule has 2 aromatic carbocycles. The number of hydrogen-bond donors (Lipinski definition) is 2. The van der Waals surface area contributed by atoms with Gasteiger partial charge in [-0.25, -0.2) is 0 Å². The Labute approximate surface area is 180 Å². The smallest absolute Gasteiger partial charge is 0.188 e. The third kappa shape index (κ3) is 5.89. The lowest BCUT2D eigenvalue weighted by Crippen LogP contribution is -2.38. The van der Waals surface area contributed by atoms with Crippen molar-refractivity contribution >= 4 is 5.96 Å². The zero-order chi connectivity index (χ0) is 21.3. The summed E-state index contributed by atoms with van der Waals surface area (Å²) in [6.07, 6.45) is 3.23. The second-order valence-electron chi connectivity index (χ2n) is 7.85. The monoisotopic (exact) mass is 410 g/mol. The molecule has 6 heteroatoms. The molecule has 1 saturated heterocycles. The first-order valence-corrected chi connectivity index (χ1v) is 10.6. The molecule has 30 heavy (non-hydrogen) atoms. The number of aliphatic imine (C=N–C) groups is 1. The fraction of sp³-hybridized carbons (Fsp3) is 0.458. The predicted molar refractivity (Wildman–Crippen MR) is 122 cm³/mol. The van der Waals surface area contributed by atoms with E-state index >= 15 is 0 Å². The van der Waals surface area contributed by atoms with Gasteiger partial charge < -0.3 is 20.5 Å². The van der Waals surface area contributed by atoms with Crippen LogP contribution in [0, 0.1) is 5.92 Å². The Morgan fingerprint density at radius 3 is 2.33 bits per heavy atom. The highest BCUT2D eigenvalue weighted by molar-refractivity contribution is 5.77. The summed E-state index contributed by atoms with van der Waals surface area (Å²) in [6.45, 7) is 2.59. The Morgan fingerprint density at radius 1 is 1.07 bits per heavy atom. The summed E-state index contributed by atoms with van der Waals surface area (Å²) in [4.78, 5) is 7.09. The van der Waals surface area contributed by atoms with E-state index in [-0.39, 0.29) is 0 Å². The second kappa shape index (κ2) is 10.9. The first-order valence-electron chi connectivity index (χ1n) is 10.6. The maximum absolute atomic E-state index is 6.15. The zero-order valence-electron chi connectivity index (χ0n) is 18.3. The van der Waals surface area contributed by atoms with E-state index in [1.807, 2.05) is 24.3 Å². The summed E-state index contributed by atoms with van der Waals surface area (Å²) < 4.78 is 10.5. The molecule has 0 radical (unpaired) electrons. The molecule has 162 valence electrons. The maximum atomic E-state index is 6.15. The molecule has 2 atom stereocenters. The molecular formula is C24H34N4O2. The minimum atomic E-state index is 0.348. The number of nitrogens with one attached hydrogen (secondary N) is 1. The van der Waals surface area contributed by atoms with E-state index in [9.17, 15) is 0 Å². The van der Waals surface area contributed by atoms with Crippen molar-refractivity contribution in [3.8, 4) is 11.5 Å². The van der Waals surface area contributed by atoms with E-state index in [0.29, 0.717) is 17.9 Å². The van der Waals surface area contributed by atoms with Crippen LogP contribution in [0.1, 0.15) is 30.0 Å². The van der Waals surface area contributed by atoms with Crippen LogP contribution >= 0.6 is 0 Å². The van der Waals surface area contributed by atoms with Crippen molar-refractivity contribution in [2.24, 2.45) is 16.6 Å². The van der Waals surface area contributed by atoms with Gasteiger partial charge in [-0.1, -0.05) is 24.3 Å². The van der Waals surface area contributed by atoms with Gasteiger partial charge in [-0.2, -0.15) is 0 Å². The number of guanidine groups is 1. The van der Waals surface area contributed by atoms with Gasteiger partial charge in [-0.3, -0.25) is 9.89 Å². The maximum Gasteiger partial charge on any atom is 0.188 e. The summed E-state index contributed by atoms with van der Waals surface area (Å²) in [7, 11) is 5.57. The van der Waals surface area contributed by atoms with Crippen LogP contribution in [0.4, 0.5) is 0 Å². The molecule has 2 aromatic rings. The third-order valence-electron chi connectivity index (χ3n) is 5.84. The number of piperidine rings is 1. The molecule has 6 nitrogen and oxygen atoms in total. The van der Waals surface area contributed by atoms with E-state index in [1.165, 1.54) is 17.5 Å². The molecule has 2 unspecified atom stereocenters. The van der Waals surface area contributed by atoms with Crippen molar-refractivity contribution in [2.45, 2.75) is 25.3 Å². The minimum absolute atomic E-state index is 0.348. The van der Waals surface area contributed by atoms with Crippen molar-refractivity contribution < 1.29 is 9.47 Å². The number of nitrogens with two attached hydrogens (primary N) is 1. The predicted octanol–water partition coefficient (Wildman–Crippen LogP) is 3.23. The summed E-state index contributed by atoms with van der Waals surface area (Å²) >= 11 is 0. The molecule has 0 saturated carbocycles. The van der Waals surface area contributed by atoms with Crippen molar-refractivity contribution in [3.05, 3.63) is 59.7 Å². The molecule has 1 aliphatic rings. The highest BCUT2D eigenvalue weighted by Gasteiger charge is 2.30. The van der Waals surface area contributed by atoms with Gasteiger partial charge in [0, 0.05) is 19.1 Å². The second-order valence-corrected chi connectivity index (χ2v) is 7.85. The Balaban J connectivity index is 1.54. The first-order chi connectivity index (χ1) is 14.6. The summed E-state index contributed by atoms with van der Waals surface area (Å²) in [6, 6.07) is 16.9. The number of hydrogen-bond acceptors (Lipinski definition) is 4. The Morgan fingerprint density at radius 2 is 1.70 bits per heavy atom. The van der Waals surface area contributed by atoms with Crippen LogP contribution in [0.25, 0.3) is 0 Å². The van der Waals surface area contributed by atoms with Gasteiger partial charge in [0.2, 0.25) is 0 Å². The summed E-state index contributed by atoms with van der Waals surface area (Å²) in [5.74, 6) is 2.72. The fourth-order valence-electron chi connectivity index (χ4n) is 4.18. The number of rotatable bonds is 8. The molecule has 1 heterocycles. The quantitative estimate of drug-likeness (QED) is 0.516. The van der Waals surface area contributed by atoms with Crippen LogP contribution in [0.15, 0.2) is 53.5 Å². The van der Waals surface area contributed by atoms with Gasteiger partial charge in [0.1, 0.15) is 11.5 Å². The molecule has 0 aliphatic carbocycles. The van der Waals surface area contributed by atoms with Gasteiger partial charge in [-0.05, 0) is 74.2 Å². The lowest BCUT2D eigenvalue weighted by Gasteiger charge is -2.39. The van der Waals surface area contributed by atoms with E-state index in [1.54, 1.807) is 14.2 Å². The van der Waals surface area contributed by atoms with Crippen molar-refractivity contribution in [1.82, 2.24) is 10.2 Å². The van der Waals surface area contributed by atoms with E-state index < -0.39 is 0 Å². The van der Waals surface area contributed by atoms with E-state index in [2.05, 4.69) is 46.5 Å². The number of benzene rings is 2. The van der Waals surface area contributed by atoms with Gasteiger partial charge in [0.15, 0.2) is 5.96 Å². The van der Waals surface area contributed by atoms with E-state index in [4.69, 9.17) is 15.2 Å². The van der Waals surface area contributed by atoms with Gasteiger partial charge in [0.05, 0.1) is 14.2 Å². The van der Waals surface area contributed by atoms with Crippen molar-refractivity contribution in [1.29, 1.82) is 0 Å². The van der Waals surface area contributed by atoms with Crippen LogP contribution in [0.3, 0.4) is 0 Å². The van der Waals surface area contributed by atoms with Crippen LogP contribution < -0.4 is 20.5 Å². The Kier molecular flexibility index (Phi) is 7.97. The number of ether oxygens (including phenoxy) is 2. The highest BCUT2D eigenvalue weighted by Crippen LogP contribution is 2.35. The number of methoxy groups -OCH3 is 2. The Bertz CT molecular complexity index is 805. The molecular weight excluding hydrogens is 376 g/mol. The molecule has 0 aromatic heterocycles. The molecule has 3 N–H and O–H groups in total. The number of likely N-dealkylation sites (tertiary alicyclic amines) is 1. The standard InChI is InChI=1S/C24H34N4O2/c1-28-16-4-5-20(23(28)19-8-12-22(30-3)13-9-19)17-27-24(25)26-15-14-18-6-10-21(29-2)11-7-18/h6-13,20,23H,4-5,14-17H2,1-3H3,(H3,25,26,27). The average molecular weight is 411 g/mol. The molecule has 0 spiro atoms. The molecule has 0 bridgehead atoms. The molecule has 3 rings (SSSR count). The van der Waals surface area contributed by atoms with E-state index in [0.717, 1.165) is 44.0 Å². The number of nitrogens with zero attached hydrogens (tertiary/aromatic N) is 2. The normalized spacial score (nSPS) is 20.0. The highest BCUT2D eigenvalue weighted by atomic mass is 16.5. The van der Waals surface area contributed by atoms with Crippen LogP contribution in [0.2, 0.25) is 0 Å². The largest absolute Gasteiger partial charge is 0.497 e. The molecule has 1 fully saturated rings. The van der Waals surface area contributed by atoms with Gasteiger partial charge in [0.25, 0.3) is 0 Å². The minimum Gasteiger partial charge on any atom is -0.497 e. The van der Waals surface area contributed by atoms with Gasteiger partial charge in [-0.15, -0.1) is 0 Å². The molecule has 0 amide bonds. The molecule has 1 aliphatic heterocycles. The topological polar surface area (TPSA) is 72.1 Å².